The third-order valence-electron chi connectivity index (χ3n) is 3.09. The summed E-state index contributed by atoms with van der Waals surface area (Å²) < 4.78 is 28.9. The van der Waals surface area contributed by atoms with E-state index >= 15 is 0 Å². The van der Waals surface area contributed by atoms with Crippen molar-refractivity contribution >= 4 is 11.3 Å². The van der Waals surface area contributed by atoms with Gasteiger partial charge >= 0.3 is 0 Å². The summed E-state index contributed by atoms with van der Waals surface area (Å²) >= 11 is 1.24. The molecule has 0 unspecified atom stereocenters. The van der Waals surface area contributed by atoms with Gasteiger partial charge in [0.15, 0.2) is 0 Å². The highest BCUT2D eigenvalue weighted by molar-refractivity contribution is 7.09. The van der Waals surface area contributed by atoms with Gasteiger partial charge in [0, 0.05) is 17.1 Å². The maximum atomic E-state index is 13.7. The van der Waals surface area contributed by atoms with Gasteiger partial charge in [-0.05, 0) is 19.1 Å². The molecule has 112 valence electrons. The van der Waals surface area contributed by atoms with E-state index in [1.54, 1.807) is 12.3 Å². The molecule has 7 heteroatoms. The summed E-state index contributed by atoms with van der Waals surface area (Å²) in [6, 6.07) is 5.10. The molecular formula is C15H11F2N3OS. The Morgan fingerprint density at radius 2 is 2.00 bits per heavy atom. The number of hydrogen-bond acceptors (Lipinski definition) is 4. The normalized spacial score (nSPS) is 10.9. The molecule has 4 nitrogen and oxygen atoms in total. The van der Waals surface area contributed by atoms with Crippen LogP contribution in [0.4, 0.5) is 8.78 Å². The van der Waals surface area contributed by atoms with Gasteiger partial charge in [0.05, 0.1) is 24.1 Å². The smallest absolute Gasteiger partial charge is 0.253 e. The number of aryl methyl sites for hydroxylation is 1. The van der Waals surface area contributed by atoms with Crippen LogP contribution in [0.25, 0.3) is 11.3 Å². The molecule has 0 atom stereocenters. The molecule has 2 aromatic heterocycles. The Bertz CT molecular complexity index is 868. The van der Waals surface area contributed by atoms with E-state index in [1.807, 2.05) is 0 Å². The number of rotatable bonds is 3. The van der Waals surface area contributed by atoms with Gasteiger partial charge in [-0.15, -0.1) is 11.3 Å². The van der Waals surface area contributed by atoms with Gasteiger partial charge in [0.1, 0.15) is 16.6 Å². The zero-order valence-electron chi connectivity index (χ0n) is 11.6. The van der Waals surface area contributed by atoms with Crippen molar-refractivity contribution in [2.45, 2.75) is 13.5 Å². The largest absolute Gasteiger partial charge is 0.292 e. The third-order valence-corrected chi connectivity index (χ3v) is 3.93. The van der Waals surface area contributed by atoms with Crippen LogP contribution < -0.4 is 5.56 Å². The summed E-state index contributed by atoms with van der Waals surface area (Å²) in [5, 5.41) is 2.15. The van der Waals surface area contributed by atoms with E-state index in [0.29, 0.717) is 10.7 Å². The van der Waals surface area contributed by atoms with Crippen LogP contribution in [0.1, 0.15) is 10.7 Å². The number of benzene rings is 1. The fraction of sp³-hybridized carbons (Fsp3) is 0.133. The van der Waals surface area contributed by atoms with Gasteiger partial charge in [-0.3, -0.25) is 9.36 Å². The van der Waals surface area contributed by atoms with Gasteiger partial charge in [-0.1, -0.05) is 6.07 Å². The Morgan fingerprint density at radius 1 is 1.27 bits per heavy atom. The molecule has 0 saturated carbocycles. The molecule has 0 aliphatic heterocycles. The second-order valence-electron chi connectivity index (χ2n) is 4.72. The summed E-state index contributed by atoms with van der Waals surface area (Å²) in [5.74, 6) is -1.32. The highest BCUT2D eigenvalue weighted by Gasteiger charge is 2.14. The van der Waals surface area contributed by atoms with Crippen molar-refractivity contribution in [3.05, 3.63) is 68.7 Å². The average Bonchev–Trinajstić information content (AvgIpc) is 2.90. The monoisotopic (exact) mass is 319 g/mol. The number of thiazole rings is 1. The van der Waals surface area contributed by atoms with Crippen molar-refractivity contribution in [3.63, 3.8) is 0 Å². The number of aromatic nitrogens is 3. The second kappa shape index (κ2) is 5.76. The van der Waals surface area contributed by atoms with Crippen LogP contribution in [0.5, 0.6) is 0 Å². The van der Waals surface area contributed by atoms with E-state index in [4.69, 9.17) is 0 Å². The van der Waals surface area contributed by atoms with Crippen LogP contribution in [0.15, 0.2) is 40.8 Å². The molecule has 3 aromatic rings. The van der Waals surface area contributed by atoms with E-state index in [9.17, 15) is 13.6 Å². The predicted octanol–water partition coefficient (Wildman–Crippen LogP) is 3.00. The number of halogens is 2. The van der Waals surface area contributed by atoms with Gasteiger partial charge in [0.2, 0.25) is 0 Å². The molecule has 0 aliphatic rings. The molecule has 1 aromatic carbocycles. The van der Waals surface area contributed by atoms with Crippen molar-refractivity contribution in [2.75, 3.05) is 0 Å². The lowest BCUT2D eigenvalue weighted by molar-refractivity contribution is 0.588. The molecule has 3 rings (SSSR count). The second-order valence-corrected chi connectivity index (χ2v) is 5.66. The Hall–Kier alpha value is -2.41. The molecular weight excluding hydrogens is 308 g/mol. The fourth-order valence-corrected chi connectivity index (χ4v) is 2.80. The van der Waals surface area contributed by atoms with Crippen LogP contribution in [0.3, 0.4) is 0 Å². The van der Waals surface area contributed by atoms with E-state index in [1.165, 1.54) is 46.5 Å². The van der Waals surface area contributed by atoms with E-state index < -0.39 is 11.6 Å². The zero-order chi connectivity index (χ0) is 15.7. The van der Waals surface area contributed by atoms with Crippen LogP contribution >= 0.6 is 11.3 Å². The SMILES string of the molecule is Cc1cc(=O)n(Cc2nc(-c3c(F)cccc3F)cs2)cn1. The molecule has 0 N–H and O–H groups in total. The minimum absolute atomic E-state index is 0.153. The van der Waals surface area contributed by atoms with Crippen molar-refractivity contribution in [3.8, 4) is 11.3 Å². The zero-order valence-corrected chi connectivity index (χ0v) is 12.4. The van der Waals surface area contributed by atoms with Gasteiger partial charge in [0.25, 0.3) is 5.56 Å². The summed E-state index contributed by atoms with van der Waals surface area (Å²) in [5.41, 5.74) is 0.513. The highest BCUT2D eigenvalue weighted by atomic mass is 32.1. The maximum absolute atomic E-state index is 13.7. The van der Waals surface area contributed by atoms with E-state index in [-0.39, 0.29) is 23.4 Å². The molecule has 0 fully saturated rings. The Morgan fingerprint density at radius 3 is 2.68 bits per heavy atom. The first-order chi connectivity index (χ1) is 10.5. The first-order valence-corrected chi connectivity index (χ1v) is 7.34. The molecule has 22 heavy (non-hydrogen) atoms. The lowest BCUT2D eigenvalue weighted by Gasteiger charge is -2.03. The first kappa shape index (κ1) is 14.5. The van der Waals surface area contributed by atoms with Crippen LogP contribution in [0, 0.1) is 18.6 Å². The third kappa shape index (κ3) is 2.80. The number of nitrogens with zero attached hydrogens (tertiary/aromatic N) is 3. The lowest BCUT2D eigenvalue weighted by atomic mass is 10.1. The molecule has 0 amide bonds. The minimum Gasteiger partial charge on any atom is -0.292 e. The molecule has 0 spiro atoms. The topological polar surface area (TPSA) is 47.8 Å². The predicted molar refractivity (Wildman–Crippen MR) is 79.8 cm³/mol. The summed E-state index contributed by atoms with van der Waals surface area (Å²) in [7, 11) is 0. The first-order valence-electron chi connectivity index (χ1n) is 6.46. The number of hydrogen-bond donors (Lipinski definition) is 0. The lowest BCUT2D eigenvalue weighted by Crippen LogP contribution is -2.20. The molecule has 0 saturated heterocycles. The molecule has 0 bridgehead atoms. The highest BCUT2D eigenvalue weighted by Crippen LogP contribution is 2.27. The Balaban J connectivity index is 1.93. The van der Waals surface area contributed by atoms with Crippen LogP contribution in [-0.2, 0) is 6.54 Å². The average molecular weight is 319 g/mol. The van der Waals surface area contributed by atoms with Crippen molar-refractivity contribution in [2.24, 2.45) is 0 Å². The van der Waals surface area contributed by atoms with Crippen molar-refractivity contribution < 1.29 is 8.78 Å². The van der Waals surface area contributed by atoms with E-state index in [0.717, 1.165) is 0 Å². The van der Waals surface area contributed by atoms with Crippen LogP contribution in [-0.4, -0.2) is 14.5 Å². The Kier molecular flexibility index (Phi) is 3.81. The van der Waals surface area contributed by atoms with Gasteiger partial charge in [-0.25, -0.2) is 18.7 Å². The van der Waals surface area contributed by atoms with Gasteiger partial charge < -0.3 is 0 Å². The Labute approximate surface area is 128 Å². The molecule has 0 aliphatic carbocycles. The summed E-state index contributed by atoms with van der Waals surface area (Å²) in [6.07, 6.45) is 1.43. The summed E-state index contributed by atoms with van der Waals surface area (Å²) in [4.78, 5) is 20.1. The maximum Gasteiger partial charge on any atom is 0.253 e. The van der Waals surface area contributed by atoms with Crippen LogP contribution in [0.2, 0.25) is 0 Å². The van der Waals surface area contributed by atoms with E-state index in [2.05, 4.69) is 9.97 Å². The minimum atomic E-state index is -0.661. The fourth-order valence-electron chi connectivity index (χ4n) is 2.02. The quantitative estimate of drug-likeness (QED) is 0.745. The van der Waals surface area contributed by atoms with Crippen molar-refractivity contribution in [1.29, 1.82) is 0 Å². The summed E-state index contributed by atoms with van der Waals surface area (Å²) in [6.45, 7) is 1.95. The molecule has 2 heterocycles. The van der Waals surface area contributed by atoms with Gasteiger partial charge in [-0.2, -0.15) is 0 Å². The van der Waals surface area contributed by atoms with Crippen molar-refractivity contribution in [1.82, 2.24) is 14.5 Å². The standard InChI is InChI=1S/C15H11F2N3OS/c1-9-5-14(21)20(8-18-9)6-13-19-12(7-22-13)15-10(16)3-2-4-11(15)17/h2-5,7-8H,6H2,1H3. The molecule has 0 radical (unpaired) electrons.